The van der Waals surface area contributed by atoms with Gasteiger partial charge in [0.1, 0.15) is 0 Å². The van der Waals surface area contributed by atoms with Crippen LogP contribution in [0.5, 0.6) is 11.5 Å². The monoisotopic (exact) mass is 321 g/mol. The summed E-state index contributed by atoms with van der Waals surface area (Å²) in [6.45, 7) is 3.73. The Bertz CT molecular complexity index is 803. The largest absolute Gasteiger partial charge is 0.493 e. The maximum Gasteiger partial charge on any atom is 0.255 e. The minimum absolute atomic E-state index is 0.254. The SMILES string of the molecule is C#Cc1cccc(NC(=O)c2cc(CC=C)c(OC)c(OC)c2)c1. The van der Waals surface area contributed by atoms with Crippen molar-refractivity contribution in [2.45, 2.75) is 6.42 Å². The van der Waals surface area contributed by atoms with Crippen molar-refractivity contribution in [2.24, 2.45) is 0 Å². The highest BCUT2D eigenvalue weighted by molar-refractivity contribution is 6.05. The van der Waals surface area contributed by atoms with Crippen LogP contribution < -0.4 is 14.8 Å². The topological polar surface area (TPSA) is 47.6 Å². The van der Waals surface area contributed by atoms with E-state index >= 15 is 0 Å². The Balaban J connectivity index is 2.36. The van der Waals surface area contributed by atoms with E-state index in [2.05, 4.69) is 17.8 Å². The van der Waals surface area contributed by atoms with Crippen molar-refractivity contribution in [1.29, 1.82) is 0 Å². The first-order valence-electron chi connectivity index (χ1n) is 7.36. The van der Waals surface area contributed by atoms with E-state index in [0.717, 1.165) is 5.56 Å². The summed E-state index contributed by atoms with van der Waals surface area (Å²) in [6, 6.07) is 10.5. The number of methoxy groups -OCH3 is 2. The third-order valence-corrected chi connectivity index (χ3v) is 3.47. The van der Waals surface area contributed by atoms with Gasteiger partial charge < -0.3 is 14.8 Å². The van der Waals surface area contributed by atoms with Crippen molar-refractivity contribution < 1.29 is 14.3 Å². The van der Waals surface area contributed by atoms with Gasteiger partial charge in [0.05, 0.1) is 14.2 Å². The average molecular weight is 321 g/mol. The van der Waals surface area contributed by atoms with Crippen LogP contribution in [0.3, 0.4) is 0 Å². The number of nitrogens with one attached hydrogen (secondary N) is 1. The number of hydrogen-bond donors (Lipinski definition) is 1. The van der Waals surface area contributed by atoms with Crippen molar-refractivity contribution in [2.75, 3.05) is 19.5 Å². The summed E-state index contributed by atoms with van der Waals surface area (Å²) in [5.74, 6) is 3.39. The highest BCUT2D eigenvalue weighted by Crippen LogP contribution is 2.33. The number of hydrogen-bond acceptors (Lipinski definition) is 3. The number of allylic oxidation sites excluding steroid dienone is 1. The van der Waals surface area contributed by atoms with Crippen molar-refractivity contribution in [1.82, 2.24) is 0 Å². The molecule has 2 rings (SSSR count). The van der Waals surface area contributed by atoms with Gasteiger partial charge in [0.25, 0.3) is 5.91 Å². The lowest BCUT2D eigenvalue weighted by molar-refractivity contribution is 0.102. The molecule has 0 saturated heterocycles. The number of carbonyl (C=O) groups excluding carboxylic acids is 1. The Hall–Kier alpha value is -3.19. The summed E-state index contributed by atoms with van der Waals surface area (Å²) in [7, 11) is 3.10. The first-order chi connectivity index (χ1) is 11.6. The van der Waals surface area contributed by atoms with Crippen LogP contribution in [-0.4, -0.2) is 20.1 Å². The Labute approximate surface area is 142 Å². The molecule has 1 amide bonds. The number of terminal acetylenes is 1. The van der Waals surface area contributed by atoms with E-state index in [0.29, 0.717) is 34.7 Å². The molecule has 4 nitrogen and oxygen atoms in total. The number of ether oxygens (including phenoxy) is 2. The van der Waals surface area contributed by atoms with E-state index in [9.17, 15) is 4.79 Å². The molecule has 4 heteroatoms. The zero-order valence-corrected chi connectivity index (χ0v) is 13.8. The predicted octanol–water partition coefficient (Wildman–Crippen LogP) is 3.67. The number of amides is 1. The lowest BCUT2D eigenvalue weighted by Gasteiger charge is -2.14. The van der Waals surface area contributed by atoms with Crippen LogP contribution in [0, 0.1) is 12.3 Å². The summed E-state index contributed by atoms with van der Waals surface area (Å²) < 4.78 is 10.7. The Morgan fingerprint density at radius 3 is 2.71 bits per heavy atom. The molecular weight excluding hydrogens is 302 g/mol. The van der Waals surface area contributed by atoms with Crippen molar-refractivity contribution in [3.8, 4) is 23.8 Å². The molecule has 0 aromatic heterocycles. The van der Waals surface area contributed by atoms with Gasteiger partial charge in [0.2, 0.25) is 0 Å². The van der Waals surface area contributed by atoms with E-state index in [-0.39, 0.29) is 5.91 Å². The van der Waals surface area contributed by atoms with Crippen molar-refractivity contribution in [3.05, 3.63) is 65.7 Å². The van der Waals surface area contributed by atoms with Gasteiger partial charge in [0, 0.05) is 22.4 Å². The zero-order chi connectivity index (χ0) is 17.5. The van der Waals surface area contributed by atoms with Gasteiger partial charge in [-0.2, -0.15) is 0 Å². The second-order valence-electron chi connectivity index (χ2n) is 5.04. The molecule has 2 aromatic rings. The Morgan fingerprint density at radius 1 is 1.29 bits per heavy atom. The Kier molecular flexibility index (Phi) is 5.64. The fourth-order valence-electron chi connectivity index (χ4n) is 2.37. The molecule has 0 aliphatic rings. The molecule has 0 radical (unpaired) electrons. The van der Waals surface area contributed by atoms with Crippen LogP contribution in [0.25, 0.3) is 0 Å². The maximum absolute atomic E-state index is 12.6. The Morgan fingerprint density at radius 2 is 2.08 bits per heavy atom. The average Bonchev–Trinajstić information content (AvgIpc) is 2.61. The van der Waals surface area contributed by atoms with E-state index in [1.54, 1.807) is 49.6 Å². The number of carbonyl (C=O) groups is 1. The number of benzene rings is 2. The molecule has 2 aromatic carbocycles. The fraction of sp³-hybridized carbons (Fsp3) is 0.150. The number of rotatable bonds is 6. The van der Waals surface area contributed by atoms with Crippen LogP contribution >= 0.6 is 0 Å². The molecule has 24 heavy (non-hydrogen) atoms. The van der Waals surface area contributed by atoms with Crippen molar-refractivity contribution in [3.63, 3.8) is 0 Å². The highest BCUT2D eigenvalue weighted by atomic mass is 16.5. The van der Waals surface area contributed by atoms with E-state index in [1.165, 1.54) is 7.11 Å². The van der Waals surface area contributed by atoms with Crippen LogP contribution in [-0.2, 0) is 6.42 Å². The van der Waals surface area contributed by atoms with Crippen LogP contribution in [0.15, 0.2) is 49.1 Å². The van der Waals surface area contributed by atoms with E-state index < -0.39 is 0 Å². The maximum atomic E-state index is 12.6. The zero-order valence-electron chi connectivity index (χ0n) is 13.8. The van der Waals surface area contributed by atoms with E-state index in [1.807, 2.05) is 0 Å². The minimum atomic E-state index is -0.254. The quantitative estimate of drug-likeness (QED) is 0.652. The molecule has 0 bridgehead atoms. The standard InChI is InChI=1S/C20H19NO3/c1-5-8-15-12-16(13-18(23-3)19(15)24-4)20(22)21-17-10-7-9-14(6-2)11-17/h2,5,7,9-13H,1,8H2,3-4H3,(H,21,22). The molecule has 0 fully saturated rings. The molecule has 0 aliphatic carbocycles. The molecular formula is C20H19NO3. The van der Waals surface area contributed by atoms with Gasteiger partial charge >= 0.3 is 0 Å². The minimum Gasteiger partial charge on any atom is -0.493 e. The molecule has 122 valence electrons. The predicted molar refractivity (Wildman–Crippen MR) is 95.8 cm³/mol. The molecule has 0 aliphatic heterocycles. The van der Waals surface area contributed by atoms with Gasteiger partial charge in [0.15, 0.2) is 11.5 Å². The lowest BCUT2D eigenvalue weighted by atomic mass is 10.0. The van der Waals surface area contributed by atoms with Gasteiger partial charge in [-0.25, -0.2) is 0 Å². The van der Waals surface area contributed by atoms with Gasteiger partial charge in [-0.15, -0.1) is 13.0 Å². The fourth-order valence-corrected chi connectivity index (χ4v) is 2.37. The third kappa shape index (κ3) is 3.76. The molecule has 0 spiro atoms. The third-order valence-electron chi connectivity index (χ3n) is 3.47. The lowest BCUT2D eigenvalue weighted by Crippen LogP contribution is -2.13. The molecule has 1 N–H and O–H groups in total. The molecule has 0 unspecified atom stereocenters. The van der Waals surface area contributed by atoms with Gasteiger partial charge in [-0.05, 0) is 36.8 Å². The van der Waals surface area contributed by atoms with Crippen LogP contribution in [0.2, 0.25) is 0 Å². The molecule has 0 atom stereocenters. The molecule has 0 heterocycles. The van der Waals surface area contributed by atoms with Crippen molar-refractivity contribution >= 4 is 11.6 Å². The number of anilines is 1. The smallest absolute Gasteiger partial charge is 0.255 e. The second kappa shape index (κ2) is 7.89. The summed E-state index contributed by atoms with van der Waals surface area (Å²) in [5, 5.41) is 2.83. The van der Waals surface area contributed by atoms with Crippen LogP contribution in [0.4, 0.5) is 5.69 Å². The first-order valence-corrected chi connectivity index (χ1v) is 7.36. The summed E-state index contributed by atoms with van der Waals surface area (Å²) >= 11 is 0. The van der Waals surface area contributed by atoms with E-state index in [4.69, 9.17) is 15.9 Å². The van der Waals surface area contributed by atoms with Crippen LogP contribution in [0.1, 0.15) is 21.5 Å². The highest BCUT2D eigenvalue weighted by Gasteiger charge is 2.16. The second-order valence-corrected chi connectivity index (χ2v) is 5.04. The normalized spacial score (nSPS) is 9.71. The first kappa shape index (κ1) is 17.2. The summed E-state index contributed by atoms with van der Waals surface area (Å²) in [4.78, 5) is 12.6. The van der Waals surface area contributed by atoms with Gasteiger partial charge in [-0.3, -0.25) is 4.79 Å². The summed E-state index contributed by atoms with van der Waals surface area (Å²) in [6.07, 6.45) is 7.69. The summed E-state index contributed by atoms with van der Waals surface area (Å²) in [5.41, 5.74) is 2.63. The molecule has 0 saturated carbocycles. The van der Waals surface area contributed by atoms with Gasteiger partial charge in [-0.1, -0.05) is 18.1 Å².